The minimum atomic E-state index is 0.223. The van der Waals surface area contributed by atoms with Crippen molar-refractivity contribution in [1.82, 2.24) is 19.4 Å². The Labute approximate surface area is 155 Å². The number of carbonyl (C=O) groups is 1. The minimum Gasteiger partial charge on any atom is -0.342 e. The summed E-state index contributed by atoms with van der Waals surface area (Å²) in [6.45, 7) is 2.36. The van der Waals surface area contributed by atoms with Crippen molar-refractivity contribution in [2.45, 2.75) is 31.7 Å². The number of aromatic nitrogens is 3. The lowest BCUT2D eigenvalue weighted by Crippen LogP contribution is -2.40. The van der Waals surface area contributed by atoms with Gasteiger partial charge in [-0.05, 0) is 35.2 Å². The number of hydrogen-bond donors (Lipinski definition) is 0. The number of likely N-dealkylation sites (tertiary alicyclic amines) is 1. The van der Waals surface area contributed by atoms with E-state index in [0.29, 0.717) is 12.3 Å². The topological polar surface area (TPSA) is 51.0 Å². The van der Waals surface area contributed by atoms with Gasteiger partial charge in [-0.2, -0.15) is 11.3 Å². The van der Waals surface area contributed by atoms with Crippen LogP contribution in [0.25, 0.3) is 0 Å². The van der Waals surface area contributed by atoms with E-state index in [0.717, 1.165) is 49.6 Å². The monoisotopic (exact) mass is 372 g/mol. The van der Waals surface area contributed by atoms with Crippen molar-refractivity contribution in [3.8, 4) is 0 Å². The van der Waals surface area contributed by atoms with Crippen molar-refractivity contribution in [3.05, 3.63) is 57.2 Å². The summed E-state index contributed by atoms with van der Waals surface area (Å²) in [6.07, 6.45) is 6.48. The second-order valence-corrected chi connectivity index (χ2v) is 7.88. The lowest BCUT2D eigenvalue weighted by Gasteiger charge is -2.32. The molecule has 0 aromatic carbocycles. The Morgan fingerprint density at radius 1 is 1.28 bits per heavy atom. The van der Waals surface area contributed by atoms with Gasteiger partial charge >= 0.3 is 0 Å². The highest BCUT2D eigenvalue weighted by molar-refractivity contribution is 7.08. The third-order valence-corrected chi connectivity index (χ3v) is 6.01. The van der Waals surface area contributed by atoms with Gasteiger partial charge in [0.15, 0.2) is 0 Å². The maximum Gasteiger partial charge on any atom is 0.227 e. The van der Waals surface area contributed by atoms with Crippen LogP contribution in [0.2, 0.25) is 0 Å². The quantitative estimate of drug-likeness (QED) is 0.690. The van der Waals surface area contributed by atoms with Crippen molar-refractivity contribution in [1.29, 1.82) is 0 Å². The number of thiazole rings is 1. The molecule has 0 radical (unpaired) electrons. The fourth-order valence-electron chi connectivity index (χ4n) is 3.40. The molecule has 1 fully saturated rings. The van der Waals surface area contributed by atoms with Crippen LogP contribution >= 0.6 is 22.7 Å². The van der Waals surface area contributed by atoms with Crippen LogP contribution in [-0.4, -0.2) is 38.4 Å². The molecule has 0 saturated carbocycles. The molecule has 3 aromatic heterocycles. The van der Waals surface area contributed by atoms with Crippen molar-refractivity contribution in [3.63, 3.8) is 0 Å². The van der Waals surface area contributed by atoms with E-state index < -0.39 is 0 Å². The van der Waals surface area contributed by atoms with Crippen LogP contribution in [0, 0.1) is 0 Å². The van der Waals surface area contributed by atoms with Crippen molar-refractivity contribution >= 4 is 28.6 Å². The fraction of sp³-hybridized carbons (Fsp3) is 0.389. The van der Waals surface area contributed by atoms with Crippen molar-refractivity contribution in [2.75, 3.05) is 13.1 Å². The molecule has 130 valence electrons. The molecule has 4 heterocycles. The standard InChI is InChI=1S/C18H20N4OS2/c23-17(8-14-3-7-24-11-14)21-5-1-2-15(9-21)18-19-4-6-22(18)10-16-12-25-13-20-16/h3-4,6-7,11-13,15H,1-2,5,8-10H2/t15-/m0/s1. The molecule has 0 bridgehead atoms. The number of carbonyl (C=O) groups excluding carboxylic acids is 1. The van der Waals surface area contributed by atoms with E-state index in [1.54, 1.807) is 22.7 Å². The summed E-state index contributed by atoms with van der Waals surface area (Å²) in [6, 6.07) is 2.03. The first-order chi connectivity index (χ1) is 12.3. The average molecular weight is 373 g/mol. The van der Waals surface area contributed by atoms with Crippen LogP contribution in [0.4, 0.5) is 0 Å². The van der Waals surface area contributed by atoms with E-state index in [4.69, 9.17) is 0 Å². The van der Waals surface area contributed by atoms with E-state index in [-0.39, 0.29) is 5.91 Å². The predicted molar refractivity (Wildman–Crippen MR) is 100 cm³/mol. The molecule has 5 nitrogen and oxygen atoms in total. The number of imidazole rings is 1. The van der Waals surface area contributed by atoms with E-state index in [1.807, 2.05) is 34.3 Å². The molecule has 1 saturated heterocycles. The Bertz CT molecular complexity index is 810. The summed E-state index contributed by atoms with van der Waals surface area (Å²) in [7, 11) is 0. The highest BCUT2D eigenvalue weighted by Gasteiger charge is 2.27. The summed E-state index contributed by atoms with van der Waals surface area (Å²) in [4.78, 5) is 23.6. The number of piperidine rings is 1. The first-order valence-electron chi connectivity index (χ1n) is 8.46. The smallest absolute Gasteiger partial charge is 0.227 e. The molecule has 0 N–H and O–H groups in total. The molecule has 1 aliphatic rings. The van der Waals surface area contributed by atoms with Crippen molar-refractivity contribution < 1.29 is 4.79 Å². The molecule has 3 aromatic rings. The zero-order valence-corrected chi connectivity index (χ0v) is 15.5. The number of nitrogens with zero attached hydrogens (tertiary/aromatic N) is 4. The molecule has 25 heavy (non-hydrogen) atoms. The highest BCUT2D eigenvalue weighted by atomic mass is 32.1. The summed E-state index contributed by atoms with van der Waals surface area (Å²) in [5, 5.41) is 6.15. The lowest BCUT2D eigenvalue weighted by molar-refractivity contribution is -0.131. The minimum absolute atomic E-state index is 0.223. The summed E-state index contributed by atoms with van der Waals surface area (Å²) >= 11 is 3.25. The van der Waals surface area contributed by atoms with Crippen molar-refractivity contribution in [2.24, 2.45) is 0 Å². The van der Waals surface area contributed by atoms with Crippen LogP contribution in [-0.2, 0) is 17.8 Å². The number of thiophene rings is 1. The number of rotatable bonds is 5. The van der Waals surface area contributed by atoms with Gasteiger partial charge in [-0.3, -0.25) is 4.79 Å². The average Bonchev–Trinajstić information content (AvgIpc) is 3.38. The SMILES string of the molecule is O=C(Cc1ccsc1)N1CCC[C@H](c2nccn2Cc2cscn2)C1. The summed E-state index contributed by atoms with van der Waals surface area (Å²) < 4.78 is 2.17. The third kappa shape index (κ3) is 3.82. The van der Waals surface area contributed by atoms with Gasteiger partial charge in [0, 0.05) is 36.8 Å². The van der Waals surface area contributed by atoms with Gasteiger partial charge < -0.3 is 9.47 Å². The molecule has 1 amide bonds. The summed E-state index contributed by atoms with van der Waals surface area (Å²) in [5.41, 5.74) is 4.03. The molecule has 0 aliphatic carbocycles. The second kappa shape index (κ2) is 7.49. The summed E-state index contributed by atoms with van der Waals surface area (Å²) in [5.74, 6) is 1.59. The maximum absolute atomic E-state index is 12.6. The lowest BCUT2D eigenvalue weighted by atomic mass is 9.96. The van der Waals surface area contributed by atoms with E-state index in [9.17, 15) is 4.79 Å². The number of amides is 1. The fourth-order valence-corrected chi connectivity index (χ4v) is 4.62. The molecule has 1 aliphatic heterocycles. The van der Waals surface area contributed by atoms with Gasteiger partial charge in [-0.1, -0.05) is 0 Å². The Morgan fingerprint density at radius 3 is 3.04 bits per heavy atom. The van der Waals surface area contributed by atoms with Crippen LogP contribution in [0.15, 0.2) is 40.1 Å². The predicted octanol–water partition coefficient (Wildman–Crippen LogP) is 3.40. The van der Waals surface area contributed by atoms with E-state index in [1.165, 1.54) is 0 Å². The van der Waals surface area contributed by atoms with Gasteiger partial charge in [0.05, 0.1) is 24.2 Å². The molecule has 0 unspecified atom stereocenters. The van der Waals surface area contributed by atoms with Gasteiger partial charge in [-0.25, -0.2) is 9.97 Å². The van der Waals surface area contributed by atoms with Gasteiger partial charge in [0.25, 0.3) is 0 Å². The molecular weight excluding hydrogens is 352 g/mol. The van der Waals surface area contributed by atoms with Gasteiger partial charge in [0.2, 0.25) is 5.91 Å². The first-order valence-corrected chi connectivity index (χ1v) is 10.3. The van der Waals surface area contributed by atoms with Gasteiger partial charge in [0.1, 0.15) is 5.82 Å². The zero-order valence-electron chi connectivity index (χ0n) is 13.9. The Morgan fingerprint density at radius 2 is 2.24 bits per heavy atom. The molecule has 1 atom stereocenters. The highest BCUT2D eigenvalue weighted by Crippen LogP contribution is 2.27. The molecule has 7 heteroatoms. The largest absolute Gasteiger partial charge is 0.342 e. The first kappa shape index (κ1) is 16.5. The Hall–Kier alpha value is -1.99. The van der Waals surface area contributed by atoms with Gasteiger partial charge in [-0.15, -0.1) is 11.3 Å². The Kier molecular flexibility index (Phi) is 4.94. The second-order valence-electron chi connectivity index (χ2n) is 6.38. The van der Waals surface area contributed by atoms with Crippen LogP contribution in [0.5, 0.6) is 0 Å². The van der Waals surface area contributed by atoms with E-state index >= 15 is 0 Å². The third-order valence-electron chi connectivity index (χ3n) is 4.64. The molecule has 4 rings (SSSR count). The molecule has 0 spiro atoms. The number of hydrogen-bond acceptors (Lipinski definition) is 5. The Balaban J connectivity index is 1.44. The van der Waals surface area contributed by atoms with Crippen LogP contribution in [0.3, 0.4) is 0 Å². The van der Waals surface area contributed by atoms with Crippen LogP contribution < -0.4 is 0 Å². The maximum atomic E-state index is 12.6. The van der Waals surface area contributed by atoms with E-state index in [2.05, 4.69) is 25.3 Å². The molecular formula is C18H20N4OS2. The van der Waals surface area contributed by atoms with Crippen LogP contribution in [0.1, 0.15) is 35.8 Å². The zero-order chi connectivity index (χ0) is 17.1. The normalized spacial score (nSPS) is 17.8.